The number of hydrogen-bond donors (Lipinski definition) is 1. The van der Waals surface area contributed by atoms with Crippen molar-refractivity contribution in [2.45, 2.75) is 32.0 Å². The molecule has 1 aromatic heterocycles. The Kier molecular flexibility index (Phi) is 6.99. The Bertz CT molecular complexity index is 1030. The summed E-state index contributed by atoms with van der Waals surface area (Å²) >= 11 is 1.33. The second-order valence-corrected chi connectivity index (χ2v) is 7.89. The predicted octanol–water partition coefficient (Wildman–Crippen LogP) is 4.31. The van der Waals surface area contributed by atoms with E-state index in [4.69, 9.17) is 9.47 Å². The lowest BCUT2D eigenvalue weighted by Crippen LogP contribution is -2.15. The first-order valence-electron chi connectivity index (χ1n) is 9.58. The SMILES string of the molecule is COc1ccccc1OC(C)c1nnc(SCC(=O)Nc2ccc(C)c(C)c2)n1C. The van der Waals surface area contributed by atoms with E-state index in [0.717, 1.165) is 11.3 Å². The highest BCUT2D eigenvalue weighted by atomic mass is 32.2. The second-order valence-electron chi connectivity index (χ2n) is 6.95. The number of ether oxygens (including phenoxy) is 2. The lowest BCUT2D eigenvalue weighted by Gasteiger charge is -2.16. The van der Waals surface area contributed by atoms with Crippen LogP contribution in [0.25, 0.3) is 0 Å². The van der Waals surface area contributed by atoms with Gasteiger partial charge in [0.15, 0.2) is 28.6 Å². The van der Waals surface area contributed by atoms with Crippen LogP contribution >= 0.6 is 11.8 Å². The van der Waals surface area contributed by atoms with Crippen LogP contribution in [-0.4, -0.2) is 33.5 Å². The highest BCUT2D eigenvalue weighted by Crippen LogP contribution is 2.30. The lowest BCUT2D eigenvalue weighted by molar-refractivity contribution is -0.113. The maximum absolute atomic E-state index is 12.3. The van der Waals surface area contributed by atoms with Gasteiger partial charge in [-0.25, -0.2) is 0 Å². The molecule has 1 unspecified atom stereocenters. The van der Waals surface area contributed by atoms with E-state index in [2.05, 4.69) is 15.5 Å². The van der Waals surface area contributed by atoms with Crippen LogP contribution in [0.15, 0.2) is 47.6 Å². The maximum atomic E-state index is 12.3. The number of anilines is 1. The van der Waals surface area contributed by atoms with Crippen molar-refractivity contribution in [3.63, 3.8) is 0 Å². The zero-order valence-corrected chi connectivity index (χ0v) is 18.6. The number of thioether (sulfide) groups is 1. The molecule has 30 heavy (non-hydrogen) atoms. The molecule has 0 aliphatic rings. The van der Waals surface area contributed by atoms with Gasteiger partial charge in [0.1, 0.15) is 0 Å². The summed E-state index contributed by atoms with van der Waals surface area (Å²) in [4.78, 5) is 12.3. The standard InChI is InChI=1S/C22H26N4O3S/c1-14-10-11-17(12-15(14)2)23-20(27)13-30-22-25-24-21(26(22)4)16(3)29-19-9-7-6-8-18(19)28-5/h6-12,16H,13H2,1-5H3,(H,23,27). The molecule has 0 aliphatic carbocycles. The third kappa shape index (κ3) is 5.13. The molecule has 3 rings (SSSR count). The van der Waals surface area contributed by atoms with Gasteiger partial charge in [-0.1, -0.05) is 30.0 Å². The minimum absolute atomic E-state index is 0.0916. The monoisotopic (exact) mass is 426 g/mol. The van der Waals surface area contributed by atoms with Gasteiger partial charge in [-0.15, -0.1) is 10.2 Å². The molecule has 0 saturated carbocycles. The van der Waals surface area contributed by atoms with E-state index in [1.165, 1.54) is 17.3 Å². The van der Waals surface area contributed by atoms with Crippen LogP contribution in [0.1, 0.15) is 30.0 Å². The minimum atomic E-state index is -0.336. The summed E-state index contributed by atoms with van der Waals surface area (Å²) in [6.45, 7) is 5.97. The number of hydrogen-bond acceptors (Lipinski definition) is 6. The Hall–Kier alpha value is -3.00. The van der Waals surface area contributed by atoms with Gasteiger partial charge in [0.05, 0.1) is 12.9 Å². The summed E-state index contributed by atoms with van der Waals surface area (Å²) in [6, 6.07) is 13.3. The number of rotatable bonds is 8. The van der Waals surface area contributed by atoms with Gasteiger partial charge < -0.3 is 19.4 Å². The Balaban J connectivity index is 1.60. The number of benzene rings is 2. The molecule has 8 heteroatoms. The van der Waals surface area contributed by atoms with Crippen LogP contribution in [0.4, 0.5) is 5.69 Å². The van der Waals surface area contributed by atoms with Gasteiger partial charge in [0, 0.05) is 12.7 Å². The molecule has 0 aliphatic heterocycles. The molecular weight excluding hydrogens is 400 g/mol. The molecule has 158 valence electrons. The van der Waals surface area contributed by atoms with E-state index < -0.39 is 0 Å². The third-order valence-corrected chi connectivity index (χ3v) is 5.75. The fourth-order valence-electron chi connectivity index (χ4n) is 2.91. The van der Waals surface area contributed by atoms with Crippen LogP contribution in [0.5, 0.6) is 11.5 Å². The molecule has 1 N–H and O–H groups in total. The fraction of sp³-hybridized carbons (Fsp3) is 0.318. The molecule has 0 bridgehead atoms. The summed E-state index contributed by atoms with van der Waals surface area (Å²) in [5.74, 6) is 2.10. The van der Waals surface area contributed by atoms with E-state index in [1.807, 2.05) is 74.9 Å². The third-order valence-electron chi connectivity index (χ3n) is 4.73. The Morgan fingerprint density at radius 2 is 1.87 bits per heavy atom. The number of carbonyl (C=O) groups excluding carboxylic acids is 1. The molecule has 0 spiro atoms. The summed E-state index contributed by atoms with van der Waals surface area (Å²) in [5.41, 5.74) is 3.13. The van der Waals surface area contributed by atoms with E-state index in [0.29, 0.717) is 22.5 Å². The van der Waals surface area contributed by atoms with Crippen LogP contribution in [0.3, 0.4) is 0 Å². The van der Waals surface area contributed by atoms with Crippen LogP contribution in [-0.2, 0) is 11.8 Å². The topological polar surface area (TPSA) is 78.3 Å². The van der Waals surface area contributed by atoms with Crippen molar-refractivity contribution in [2.24, 2.45) is 7.05 Å². The van der Waals surface area contributed by atoms with Gasteiger partial charge >= 0.3 is 0 Å². The highest BCUT2D eigenvalue weighted by molar-refractivity contribution is 7.99. The quantitative estimate of drug-likeness (QED) is 0.541. The number of methoxy groups -OCH3 is 1. The minimum Gasteiger partial charge on any atom is -0.493 e. The Morgan fingerprint density at radius 3 is 2.57 bits per heavy atom. The zero-order valence-electron chi connectivity index (χ0n) is 17.8. The van der Waals surface area contributed by atoms with Gasteiger partial charge in [0.2, 0.25) is 5.91 Å². The number of amides is 1. The number of carbonyl (C=O) groups is 1. The average molecular weight is 427 g/mol. The van der Waals surface area contributed by atoms with E-state index in [9.17, 15) is 4.79 Å². The number of aromatic nitrogens is 3. The van der Waals surface area contributed by atoms with Crippen molar-refractivity contribution in [1.82, 2.24) is 14.8 Å². The molecule has 0 saturated heterocycles. The van der Waals surface area contributed by atoms with Gasteiger partial charge in [-0.3, -0.25) is 4.79 Å². The number of nitrogens with one attached hydrogen (secondary N) is 1. The average Bonchev–Trinajstić information content (AvgIpc) is 3.10. The molecule has 7 nitrogen and oxygen atoms in total. The maximum Gasteiger partial charge on any atom is 0.234 e. The predicted molar refractivity (Wildman–Crippen MR) is 118 cm³/mol. The first kappa shape index (κ1) is 21.7. The van der Waals surface area contributed by atoms with Crippen molar-refractivity contribution in [2.75, 3.05) is 18.2 Å². The largest absolute Gasteiger partial charge is 0.493 e. The number of para-hydroxylation sites is 2. The smallest absolute Gasteiger partial charge is 0.234 e. The van der Waals surface area contributed by atoms with E-state index >= 15 is 0 Å². The van der Waals surface area contributed by atoms with Crippen molar-refractivity contribution in [1.29, 1.82) is 0 Å². The normalized spacial score (nSPS) is 11.8. The molecule has 2 aromatic carbocycles. The summed E-state index contributed by atoms with van der Waals surface area (Å²) in [5, 5.41) is 12.0. The fourth-order valence-corrected chi connectivity index (χ4v) is 3.63. The number of aryl methyl sites for hydroxylation is 2. The van der Waals surface area contributed by atoms with Crippen LogP contribution < -0.4 is 14.8 Å². The molecule has 1 atom stereocenters. The van der Waals surface area contributed by atoms with E-state index in [-0.39, 0.29) is 17.8 Å². The number of nitrogens with zero attached hydrogens (tertiary/aromatic N) is 3. The molecule has 1 heterocycles. The first-order chi connectivity index (χ1) is 14.4. The summed E-state index contributed by atoms with van der Waals surface area (Å²) < 4.78 is 13.2. The molecule has 0 radical (unpaired) electrons. The highest BCUT2D eigenvalue weighted by Gasteiger charge is 2.19. The Labute approximate surface area is 180 Å². The molecular formula is C22H26N4O3S. The summed E-state index contributed by atoms with van der Waals surface area (Å²) in [7, 11) is 3.47. The van der Waals surface area contributed by atoms with Crippen molar-refractivity contribution < 1.29 is 14.3 Å². The molecule has 0 fully saturated rings. The second kappa shape index (κ2) is 9.67. The van der Waals surface area contributed by atoms with Crippen LogP contribution in [0.2, 0.25) is 0 Å². The van der Waals surface area contributed by atoms with Gasteiger partial charge in [-0.2, -0.15) is 0 Å². The van der Waals surface area contributed by atoms with Gasteiger partial charge in [-0.05, 0) is 56.2 Å². The molecule has 3 aromatic rings. The van der Waals surface area contributed by atoms with Crippen molar-refractivity contribution in [3.8, 4) is 11.5 Å². The van der Waals surface area contributed by atoms with Crippen molar-refractivity contribution in [3.05, 3.63) is 59.4 Å². The van der Waals surface area contributed by atoms with Gasteiger partial charge in [0.25, 0.3) is 0 Å². The van der Waals surface area contributed by atoms with Crippen molar-refractivity contribution >= 4 is 23.4 Å². The van der Waals surface area contributed by atoms with Crippen LogP contribution in [0, 0.1) is 13.8 Å². The lowest BCUT2D eigenvalue weighted by atomic mass is 10.1. The zero-order chi connectivity index (χ0) is 21.7. The first-order valence-corrected chi connectivity index (χ1v) is 10.6. The molecule has 1 amide bonds. The Morgan fingerprint density at radius 1 is 1.13 bits per heavy atom. The van der Waals surface area contributed by atoms with E-state index in [1.54, 1.807) is 7.11 Å². The summed E-state index contributed by atoms with van der Waals surface area (Å²) in [6.07, 6.45) is -0.336.